The third kappa shape index (κ3) is 4.28. The molecule has 0 spiro atoms. The standard InChI is InChI=1S/C9H8O2.Cd/c10-9(11)7-6-8-4-2-1-3-5-8;/h1-7H,(H,10,11);/b7-6+;. The van der Waals surface area contributed by atoms with Gasteiger partial charge < -0.3 is 5.11 Å². The molecule has 1 N–H and O–H groups in total. The Labute approximate surface area is 91.1 Å². The molecule has 2 nitrogen and oxygen atoms in total. The maximum atomic E-state index is 10.1. The minimum Gasteiger partial charge on any atom is -0.478 e. The molecule has 0 aliphatic rings. The molecule has 0 aliphatic carbocycles. The van der Waals surface area contributed by atoms with Crippen LogP contribution in [0.2, 0.25) is 0 Å². The van der Waals surface area contributed by atoms with Crippen LogP contribution in [0.15, 0.2) is 36.4 Å². The van der Waals surface area contributed by atoms with Crippen LogP contribution in [-0.4, -0.2) is 11.1 Å². The Kier molecular flexibility index (Phi) is 5.61. The third-order valence-corrected chi connectivity index (χ3v) is 1.22. The van der Waals surface area contributed by atoms with Crippen LogP contribution in [0.4, 0.5) is 0 Å². The van der Waals surface area contributed by atoms with Gasteiger partial charge in [0.1, 0.15) is 0 Å². The van der Waals surface area contributed by atoms with Crippen molar-refractivity contribution in [3.05, 3.63) is 42.0 Å². The van der Waals surface area contributed by atoms with Crippen molar-refractivity contribution in [3.8, 4) is 0 Å². The molecule has 0 amide bonds. The van der Waals surface area contributed by atoms with Crippen LogP contribution in [0.3, 0.4) is 0 Å². The quantitative estimate of drug-likeness (QED) is 0.650. The summed E-state index contributed by atoms with van der Waals surface area (Å²) in [5.74, 6) is -0.922. The van der Waals surface area contributed by atoms with Gasteiger partial charge in [0.15, 0.2) is 0 Å². The number of carboxylic acids is 1. The van der Waals surface area contributed by atoms with E-state index in [1.807, 2.05) is 30.3 Å². The van der Waals surface area contributed by atoms with Gasteiger partial charge in [-0.1, -0.05) is 30.3 Å². The van der Waals surface area contributed by atoms with Gasteiger partial charge in [-0.15, -0.1) is 0 Å². The van der Waals surface area contributed by atoms with E-state index in [1.165, 1.54) is 0 Å². The van der Waals surface area contributed by atoms with E-state index < -0.39 is 5.97 Å². The van der Waals surface area contributed by atoms with Crippen LogP contribution in [-0.2, 0) is 32.1 Å². The predicted molar refractivity (Wildman–Crippen MR) is 43.1 cm³/mol. The Hall–Kier alpha value is -0.648. The molecule has 3 heteroatoms. The second-order valence-electron chi connectivity index (χ2n) is 2.08. The number of aliphatic carboxylic acids is 1. The molecule has 0 atom stereocenters. The van der Waals surface area contributed by atoms with E-state index in [4.69, 9.17) is 5.11 Å². The maximum absolute atomic E-state index is 10.1. The van der Waals surface area contributed by atoms with Gasteiger partial charge in [0.2, 0.25) is 0 Å². The first-order chi connectivity index (χ1) is 5.29. The molecule has 0 saturated carbocycles. The second-order valence-corrected chi connectivity index (χ2v) is 2.08. The summed E-state index contributed by atoms with van der Waals surface area (Å²) in [6, 6.07) is 9.31. The molecule has 0 radical (unpaired) electrons. The summed E-state index contributed by atoms with van der Waals surface area (Å²) in [5, 5.41) is 8.29. The first-order valence-corrected chi connectivity index (χ1v) is 3.25. The van der Waals surface area contributed by atoms with Crippen molar-refractivity contribution in [1.29, 1.82) is 0 Å². The van der Waals surface area contributed by atoms with E-state index >= 15 is 0 Å². The van der Waals surface area contributed by atoms with Crippen molar-refractivity contribution in [3.63, 3.8) is 0 Å². The van der Waals surface area contributed by atoms with E-state index in [0.717, 1.165) is 11.6 Å². The number of rotatable bonds is 2. The molecule has 0 unspecified atom stereocenters. The molecule has 0 aromatic heterocycles. The Bertz CT molecular complexity index is 267. The normalized spacial score (nSPS) is 9.33. The summed E-state index contributed by atoms with van der Waals surface area (Å²) in [4.78, 5) is 10.1. The number of hydrogen-bond acceptors (Lipinski definition) is 1. The van der Waals surface area contributed by atoms with Crippen molar-refractivity contribution >= 4 is 12.0 Å². The van der Waals surface area contributed by atoms with Crippen LogP contribution in [0.25, 0.3) is 6.08 Å². The first kappa shape index (κ1) is 11.4. The zero-order chi connectivity index (χ0) is 8.10. The fourth-order valence-electron chi connectivity index (χ4n) is 0.732. The molecule has 58 valence electrons. The van der Waals surface area contributed by atoms with Crippen LogP contribution < -0.4 is 0 Å². The van der Waals surface area contributed by atoms with Gasteiger partial charge in [-0.2, -0.15) is 0 Å². The number of carboxylic acid groups (broad SMARTS) is 1. The topological polar surface area (TPSA) is 37.3 Å². The van der Waals surface area contributed by atoms with Gasteiger partial charge in [0.05, 0.1) is 0 Å². The van der Waals surface area contributed by atoms with Crippen molar-refractivity contribution in [1.82, 2.24) is 0 Å². The molecule has 0 heterocycles. The zero-order valence-electron chi connectivity index (χ0n) is 6.60. The molecule has 0 bridgehead atoms. The third-order valence-electron chi connectivity index (χ3n) is 1.22. The first-order valence-electron chi connectivity index (χ1n) is 3.25. The Morgan fingerprint density at radius 2 is 1.83 bits per heavy atom. The molecule has 1 aromatic carbocycles. The summed E-state index contributed by atoms with van der Waals surface area (Å²) >= 11 is 0. The molecular formula is C9H8CdO2. The monoisotopic (exact) mass is 262 g/mol. The number of benzene rings is 1. The molecule has 1 rings (SSSR count). The van der Waals surface area contributed by atoms with E-state index in [-0.39, 0.29) is 27.3 Å². The molecule has 1 aromatic rings. The SMILES string of the molecule is O=C(O)/C=C/c1ccccc1.[Cd]. The van der Waals surface area contributed by atoms with Gasteiger partial charge in [-0.25, -0.2) is 4.79 Å². The summed E-state index contributed by atoms with van der Waals surface area (Å²) in [7, 11) is 0. The average molecular weight is 261 g/mol. The van der Waals surface area contributed by atoms with Crippen molar-refractivity contribution in [2.45, 2.75) is 0 Å². The minimum absolute atomic E-state index is 0. The fourth-order valence-corrected chi connectivity index (χ4v) is 0.732. The number of carbonyl (C=O) groups is 1. The molecule has 0 saturated heterocycles. The minimum atomic E-state index is -0.922. The fraction of sp³-hybridized carbons (Fsp3) is 0. The Morgan fingerprint density at radius 1 is 1.25 bits per heavy atom. The average Bonchev–Trinajstić information content (AvgIpc) is 2.03. The predicted octanol–water partition coefficient (Wildman–Crippen LogP) is 1.78. The summed E-state index contributed by atoms with van der Waals surface area (Å²) < 4.78 is 0. The largest absolute Gasteiger partial charge is 0.478 e. The maximum Gasteiger partial charge on any atom is 0.328 e. The molecular weight excluding hydrogens is 253 g/mol. The molecule has 0 fully saturated rings. The van der Waals surface area contributed by atoms with Crippen LogP contribution >= 0.6 is 0 Å². The van der Waals surface area contributed by atoms with Gasteiger partial charge >= 0.3 is 5.97 Å². The number of hydrogen-bond donors (Lipinski definition) is 1. The molecule has 12 heavy (non-hydrogen) atoms. The van der Waals surface area contributed by atoms with Gasteiger partial charge in [-0.05, 0) is 11.6 Å². The second kappa shape index (κ2) is 5.93. The van der Waals surface area contributed by atoms with Crippen LogP contribution in [0, 0.1) is 0 Å². The van der Waals surface area contributed by atoms with Crippen LogP contribution in [0.5, 0.6) is 0 Å². The Balaban J connectivity index is 0.00000121. The van der Waals surface area contributed by atoms with Crippen molar-refractivity contribution < 1.29 is 37.2 Å². The summed E-state index contributed by atoms with van der Waals surface area (Å²) in [6.45, 7) is 0. The van der Waals surface area contributed by atoms with Gasteiger partial charge in [-0.3, -0.25) is 0 Å². The van der Waals surface area contributed by atoms with Crippen molar-refractivity contribution in [2.24, 2.45) is 0 Å². The van der Waals surface area contributed by atoms with E-state index in [2.05, 4.69) is 0 Å². The van der Waals surface area contributed by atoms with E-state index in [9.17, 15) is 4.79 Å². The van der Waals surface area contributed by atoms with Crippen LogP contribution in [0.1, 0.15) is 5.56 Å². The van der Waals surface area contributed by atoms with Crippen molar-refractivity contribution in [2.75, 3.05) is 0 Å². The summed E-state index contributed by atoms with van der Waals surface area (Å²) in [5.41, 5.74) is 0.898. The summed E-state index contributed by atoms with van der Waals surface area (Å²) in [6.07, 6.45) is 2.68. The zero-order valence-corrected chi connectivity index (χ0v) is 10.6. The molecule has 0 aliphatic heterocycles. The van der Waals surface area contributed by atoms with E-state index in [1.54, 1.807) is 6.08 Å². The van der Waals surface area contributed by atoms with E-state index in [0.29, 0.717) is 0 Å². The van der Waals surface area contributed by atoms with Gasteiger partial charge in [0, 0.05) is 33.4 Å². The Morgan fingerprint density at radius 3 is 2.33 bits per heavy atom. The van der Waals surface area contributed by atoms with Gasteiger partial charge in [0.25, 0.3) is 0 Å². The smallest absolute Gasteiger partial charge is 0.328 e.